The van der Waals surface area contributed by atoms with E-state index >= 15 is 0 Å². The number of carbonyl (C=O) groups is 5. The number of likely N-dealkylation sites (tertiary alicyclic amines) is 1. The van der Waals surface area contributed by atoms with E-state index in [2.05, 4.69) is 48.5 Å². The van der Waals surface area contributed by atoms with E-state index in [0.29, 0.717) is 31.3 Å². The zero-order valence-electron chi connectivity index (χ0n) is 30.9. The molecule has 0 radical (unpaired) electrons. The van der Waals surface area contributed by atoms with Gasteiger partial charge in [-0.2, -0.15) is 0 Å². The number of amides is 1. The van der Waals surface area contributed by atoms with Gasteiger partial charge in [0.2, 0.25) is 5.78 Å². The molecule has 6 aliphatic rings. The molecule has 5 aliphatic carbocycles. The molecule has 266 valence electrons. The SMILES string of the molecule is CC(C)C1=C2[C@H]3CC[C@@H]4[C@@]5(C)CC[C@H](OC(=O)CC(C)(C)C(=O)O)C(C)(C)[C@@H]5CC[C@@]4(C)[C@]3(C)CC[C@@]2(C(=O)C(=O)N2CCC2)CC1=O. The maximum atomic E-state index is 14.3. The summed E-state index contributed by atoms with van der Waals surface area (Å²) in [4.78, 5) is 68.0. The second-order valence-corrected chi connectivity index (χ2v) is 19.0. The Hall–Kier alpha value is -2.51. The highest BCUT2D eigenvalue weighted by molar-refractivity contribution is 6.40. The summed E-state index contributed by atoms with van der Waals surface area (Å²) in [6.45, 7) is 20.4. The molecule has 48 heavy (non-hydrogen) atoms. The number of ether oxygens (including phenoxy) is 1. The van der Waals surface area contributed by atoms with Gasteiger partial charge in [-0.25, -0.2) is 0 Å². The lowest BCUT2D eigenvalue weighted by molar-refractivity contribution is -0.233. The van der Waals surface area contributed by atoms with Gasteiger partial charge in [-0.05, 0) is 123 Å². The van der Waals surface area contributed by atoms with Crippen molar-refractivity contribution in [3.63, 3.8) is 0 Å². The van der Waals surface area contributed by atoms with Gasteiger partial charge in [0.05, 0.1) is 17.3 Å². The van der Waals surface area contributed by atoms with Crippen molar-refractivity contribution in [3.8, 4) is 0 Å². The first-order valence-corrected chi connectivity index (χ1v) is 18.7. The van der Waals surface area contributed by atoms with Gasteiger partial charge in [-0.15, -0.1) is 0 Å². The Morgan fingerprint density at radius 1 is 0.896 bits per heavy atom. The van der Waals surface area contributed by atoms with E-state index < -0.39 is 22.8 Å². The van der Waals surface area contributed by atoms with E-state index in [1.807, 2.05) is 0 Å². The van der Waals surface area contributed by atoms with Crippen LogP contribution in [0.5, 0.6) is 0 Å². The average molecular weight is 666 g/mol. The Morgan fingerprint density at radius 3 is 2.15 bits per heavy atom. The van der Waals surface area contributed by atoms with Crippen LogP contribution >= 0.6 is 0 Å². The number of fused-ring (bicyclic) bond motifs is 7. The lowest BCUT2D eigenvalue weighted by atomic mass is 9.33. The summed E-state index contributed by atoms with van der Waals surface area (Å²) in [7, 11) is 0. The number of allylic oxidation sites excluding steroid dienone is 2. The summed E-state index contributed by atoms with van der Waals surface area (Å²) in [5, 5.41) is 9.57. The second-order valence-electron chi connectivity index (χ2n) is 19.0. The van der Waals surface area contributed by atoms with E-state index in [9.17, 15) is 29.1 Å². The number of hydrogen-bond donors (Lipinski definition) is 1. The van der Waals surface area contributed by atoms with Crippen LogP contribution in [0.15, 0.2) is 11.1 Å². The summed E-state index contributed by atoms with van der Waals surface area (Å²) in [6, 6.07) is 0. The zero-order chi connectivity index (χ0) is 35.4. The quantitative estimate of drug-likeness (QED) is 0.226. The Morgan fingerprint density at radius 2 is 1.56 bits per heavy atom. The average Bonchev–Trinajstić information content (AvgIpc) is 3.26. The molecule has 0 unspecified atom stereocenters. The highest BCUT2D eigenvalue weighted by Gasteiger charge is 2.71. The van der Waals surface area contributed by atoms with Gasteiger partial charge in [0.15, 0.2) is 5.78 Å². The monoisotopic (exact) mass is 665 g/mol. The Bertz CT molecular complexity index is 1470. The molecule has 1 saturated heterocycles. The number of hydrogen-bond acceptors (Lipinski definition) is 6. The number of carbonyl (C=O) groups excluding carboxylic acids is 4. The molecule has 1 N–H and O–H groups in total. The Labute approximate surface area is 287 Å². The molecule has 0 aromatic heterocycles. The summed E-state index contributed by atoms with van der Waals surface area (Å²) in [5.74, 6) is -1.25. The maximum absolute atomic E-state index is 14.3. The van der Waals surface area contributed by atoms with Crippen molar-refractivity contribution in [2.75, 3.05) is 13.1 Å². The maximum Gasteiger partial charge on any atom is 0.309 e. The minimum absolute atomic E-state index is 0.00211. The lowest BCUT2D eigenvalue weighted by Gasteiger charge is -2.72. The van der Waals surface area contributed by atoms with Gasteiger partial charge >= 0.3 is 11.9 Å². The van der Waals surface area contributed by atoms with Gasteiger partial charge in [0, 0.05) is 24.9 Å². The van der Waals surface area contributed by atoms with Gasteiger partial charge in [0.25, 0.3) is 5.91 Å². The molecule has 0 aromatic rings. The molecule has 4 saturated carbocycles. The molecule has 0 bridgehead atoms. The molecule has 5 fully saturated rings. The number of carboxylic acid groups (broad SMARTS) is 1. The topological polar surface area (TPSA) is 118 Å². The van der Waals surface area contributed by atoms with Gasteiger partial charge < -0.3 is 14.7 Å². The molecule has 0 spiro atoms. The number of aliphatic carboxylic acids is 1. The first kappa shape index (κ1) is 35.3. The number of ketones is 2. The van der Waals surface area contributed by atoms with E-state index in [1.54, 1.807) is 18.7 Å². The highest BCUT2D eigenvalue weighted by Crippen LogP contribution is 2.76. The highest BCUT2D eigenvalue weighted by atomic mass is 16.5. The van der Waals surface area contributed by atoms with Crippen LogP contribution in [0.25, 0.3) is 0 Å². The van der Waals surface area contributed by atoms with Gasteiger partial charge in [-0.3, -0.25) is 24.0 Å². The predicted molar refractivity (Wildman–Crippen MR) is 182 cm³/mol. The van der Waals surface area contributed by atoms with Crippen molar-refractivity contribution in [1.29, 1.82) is 0 Å². The normalized spacial score (nSPS) is 40.3. The van der Waals surface area contributed by atoms with E-state index in [0.717, 1.165) is 62.5 Å². The number of esters is 1. The van der Waals surface area contributed by atoms with Crippen LogP contribution in [0, 0.1) is 56.2 Å². The van der Waals surface area contributed by atoms with Crippen LogP contribution in [0.3, 0.4) is 0 Å². The third-order valence-electron chi connectivity index (χ3n) is 15.6. The fraction of sp³-hybridized carbons (Fsp3) is 0.825. The second kappa shape index (κ2) is 11.2. The molecule has 1 aliphatic heterocycles. The molecule has 1 amide bonds. The lowest BCUT2D eigenvalue weighted by Crippen LogP contribution is -2.66. The zero-order valence-corrected chi connectivity index (χ0v) is 30.9. The largest absolute Gasteiger partial charge is 0.481 e. The minimum Gasteiger partial charge on any atom is -0.481 e. The molecule has 8 heteroatoms. The number of nitrogens with zero attached hydrogens (tertiary/aromatic N) is 1. The third-order valence-corrected chi connectivity index (χ3v) is 15.6. The van der Waals surface area contributed by atoms with Crippen molar-refractivity contribution in [3.05, 3.63) is 11.1 Å². The third kappa shape index (κ3) is 4.76. The fourth-order valence-electron chi connectivity index (χ4n) is 12.6. The standard InChI is InChI=1S/C40H59NO7/c1-23(2)30-25(42)21-40(32(44)33(45)41-19-10-20-41)18-17-38(8)24(31(30)40)11-12-27-37(7)15-14-28(48-29(43)22-35(3,4)34(46)47)36(5,6)26(37)13-16-39(27,38)9/h23-24,26-28H,10-22H2,1-9H3,(H,46,47)/t24-,26+,27-,28+,37+,38-,39-,40-/m1/s1. The van der Waals surface area contributed by atoms with Crippen LogP contribution in [-0.2, 0) is 28.7 Å². The van der Waals surface area contributed by atoms with Crippen LogP contribution < -0.4 is 0 Å². The van der Waals surface area contributed by atoms with E-state index in [-0.39, 0.29) is 69.9 Å². The van der Waals surface area contributed by atoms with Crippen molar-refractivity contribution in [1.82, 2.24) is 4.90 Å². The molecule has 8 nitrogen and oxygen atoms in total. The molecular weight excluding hydrogens is 606 g/mol. The molecule has 1 heterocycles. The van der Waals surface area contributed by atoms with E-state index in [4.69, 9.17) is 4.74 Å². The smallest absolute Gasteiger partial charge is 0.309 e. The molecule has 6 rings (SSSR count). The summed E-state index contributed by atoms with van der Waals surface area (Å²) < 4.78 is 6.12. The Balaban J connectivity index is 1.31. The van der Waals surface area contributed by atoms with Crippen molar-refractivity contribution in [2.24, 2.45) is 56.2 Å². The van der Waals surface area contributed by atoms with Crippen molar-refractivity contribution in [2.45, 2.75) is 139 Å². The Kier molecular flexibility index (Phi) is 8.28. The first-order chi connectivity index (χ1) is 22.2. The van der Waals surface area contributed by atoms with Crippen molar-refractivity contribution < 1.29 is 33.8 Å². The van der Waals surface area contributed by atoms with Crippen molar-refractivity contribution >= 4 is 29.4 Å². The first-order valence-electron chi connectivity index (χ1n) is 18.7. The number of Topliss-reactive ketones (excluding diaryl/α,β-unsaturated/α-hetero) is 2. The van der Waals surface area contributed by atoms with Crippen LogP contribution in [-0.4, -0.2) is 58.6 Å². The number of rotatable bonds is 7. The number of carboxylic acids is 1. The van der Waals surface area contributed by atoms with Crippen LogP contribution in [0.1, 0.15) is 133 Å². The van der Waals surface area contributed by atoms with Gasteiger partial charge in [0.1, 0.15) is 6.10 Å². The van der Waals surface area contributed by atoms with E-state index in [1.165, 1.54) is 0 Å². The summed E-state index contributed by atoms with van der Waals surface area (Å²) >= 11 is 0. The fourth-order valence-corrected chi connectivity index (χ4v) is 12.6. The molecular formula is C40H59NO7. The predicted octanol–water partition coefficient (Wildman–Crippen LogP) is 7.18. The molecule has 8 atom stereocenters. The minimum atomic E-state index is -1.18. The van der Waals surface area contributed by atoms with Crippen LogP contribution in [0.2, 0.25) is 0 Å². The van der Waals surface area contributed by atoms with Crippen LogP contribution in [0.4, 0.5) is 0 Å². The molecule has 0 aromatic carbocycles. The van der Waals surface area contributed by atoms with Gasteiger partial charge in [-0.1, -0.05) is 48.5 Å². The summed E-state index contributed by atoms with van der Waals surface area (Å²) in [5.41, 5.74) is -0.707. The summed E-state index contributed by atoms with van der Waals surface area (Å²) in [6.07, 6.45) is 7.67.